The van der Waals surface area contributed by atoms with E-state index < -0.39 is 0 Å². The first-order valence-corrected chi connectivity index (χ1v) is 12.3. The maximum absolute atomic E-state index is 12.3. The Bertz CT molecular complexity index is 1380. The van der Waals surface area contributed by atoms with Crippen LogP contribution < -0.4 is 10.6 Å². The van der Waals surface area contributed by atoms with Crippen LogP contribution in [0.5, 0.6) is 0 Å². The minimum atomic E-state index is -0.187. The van der Waals surface area contributed by atoms with Crippen molar-refractivity contribution in [2.45, 2.75) is 26.3 Å². The van der Waals surface area contributed by atoms with Crippen molar-refractivity contribution >= 4 is 17.5 Å². The number of hydrogen-bond donors (Lipinski definition) is 2. The first kappa shape index (κ1) is 26.8. The molecule has 4 aromatic rings. The molecule has 192 valence electrons. The monoisotopic (exact) mass is 514 g/mol. The van der Waals surface area contributed by atoms with Crippen LogP contribution in [-0.4, -0.2) is 11.8 Å². The number of carbonyl (C=O) groups excluding carboxylic acids is 2. The van der Waals surface area contributed by atoms with Gasteiger partial charge in [-0.3, -0.25) is 9.59 Å². The molecule has 2 N–H and O–H groups in total. The van der Waals surface area contributed by atoms with Gasteiger partial charge in [-0.05, 0) is 46.5 Å². The van der Waals surface area contributed by atoms with Crippen LogP contribution >= 0.6 is 0 Å². The van der Waals surface area contributed by atoms with Gasteiger partial charge in [0.25, 0.3) is 11.8 Å². The van der Waals surface area contributed by atoms with E-state index in [1.54, 1.807) is 48.5 Å². The van der Waals surface area contributed by atoms with Gasteiger partial charge in [-0.15, -0.1) is 0 Å². The van der Waals surface area contributed by atoms with Crippen LogP contribution in [0.4, 0.5) is 5.69 Å². The summed E-state index contributed by atoms with van der Waals surface area (Å²) >= 11 is 0. The number of hydrogen-bond acceptors (Lipinski definition) is 4. The molecular weight excluding hydrogens is 488 g/mol. The molecule has 0 atom stereocenters. The van der Waals surface area contributed by atoms with Crippen LogP contribution in [0.2, 0.25) is 0 Å². The first-order valence-electron chi connectivity index (χ1n) is 12.3. The number of nitrogens with one attached hydrogen (secondary N) is 2. The van der Waals surface area contributed by atoms with Crippen LogP contribution in [0.25, 0.3) is 4.85 Å². The number of rotatable bonds is 10. The second kappa shape index (κ2) is 13.3. The smallest absolute Gasteiger partial charge is 0.251 e. The van der Waals surface area contributed by atoms with Crippen molar-refractivity contribution in [3.05, 3.63) is 147 Å². The third kappa shape index (κ3) is 7.87. The summed E-state index contributed by atoms with van der Waals surface area (Å²) < 4.78 is 5.85. The summed E-state index contributed by atoms with van der Waals surface area (Å²) in [5, 5.41) is 14.6. The van der Waals surface area contributed by atoms with Gasteiger partial charge in [-0.25, -0.2) is 4.85 Å². The maximum Gasteiger partial charge on any atom is 0.251 e. The van der Waals surface area contributed by atoms with Crippen LogP contribution in [0.3, 0.4) is 0 Å². The van der Waals surface area contributed by atoms with Gasteiger partial charge in [0.1, 0.15) is 0 Å². The predicted octanol–water partition coefficient (Wildman–Crippen LogP) is 5.69. The van der Waals surface area contributed by atoms with Crippen molar-refractivity contribution in [2.24, 2.45) is 0 Å². The summed E-state index contributed by atoms with van der Waals surface area (Å²) in [6, 6.07) is 30.9. The maximum atomic E-state index is 12.3. The molecule has 0 saturated heterocycles. The molecule has 0 fully saturated rings. The molecule has 0 heterocycles. The van der Waals surface area contributed by atoms with Gasteiger partial charge in [0.15, 0.2) is 5.69 Å². The van der Waals surface area contributed by atoms with Gasteiger partial charge in [0, 0.05) is 24.2 Å². The van der Waals surface area contributed by atoms with E-state index in [4.69, 9.17) is 16.6 Å². The van der Waals surface area contributed by atoms with Gasteiger partial charge < -0.3 is 15.4 Å². The fourth-order valence-electron chi connectivity index (χ4n) is 3.75. The lowest BCUT2D eigenvalue weighted by Crippen LogP contribution is -2.22. The lowest BCUT2D eigenvalue weighted by Gasteiger charge is -2.09. The zero-order valence-corrected chi connectivity index (χ0v) is 21.2. The van der Waals surface area contributed by atoms with E-state index in [9.17, 15) is 9.59 Å². The number of carbonyl (C=O) groups is 2. The summed E-state index contributed by atoms with van der Waals surface area (Å²) in [5.41, 5.74) is 6.07. The number of nitriles is 1. The lowest BCUT2D eigenvalue weighted by molar-refractivity contribution is 0.0943. The summed E-state index contributed by atoms with van der Waals surface area (Å²) in [6.45, 7) is 8.71. The standard InChI is InChI=1S/C32H26N4O3/c1-34-30-16-14-29(15-17-30)32(38)36-20-25-4-8-27(9-5-25)22-39-21-26-6-2-24(3-7-26)19-35-31(37)28-12-10-23(18-33)11-13-28/h2-17H,19-22H2,(H,35,37)(H,36,38). The Hall–Kier alpha value is -5.24. The molecule has 4 rings (SSSR count). The third-order valence-electron chi connectivity index (χ3n) is 6.02. The van der Waals surface area contributed by atoms with Gasteiger partial charge in [0.05, 0.1) is 31.4 Å². The zero-order valence-electron chi connectivity index (χ0n) is 21.2. The SMILES string of the molecule is [C-]#[N+]c1ccc(C(=O)NCc2ccc(COCc3ccc(CNC(=O)c4ccc(C#N)cc4)cc3)cc2)cc1. The number of amides is 2. The summed E-state index contributed by atoms with van der Waals surface area (Å²) in [5.74, 6) is -0.369. The van der Waals surface area contributed by atoms with Crippen LogP contribution in [0.15, 0.2) is 97.1 Å². The second-order valence-corrected chi connectivity index (χ2v) is 8.84. The Morgan fingerprint density at radius 2 is 1.08 bits per heavy atom. The molecule has 0 unspecified atom stereocenters. The van der Waals surface area contributed by atoms with E-state index in [2.05, 4.69) is 15.5 Å². The van der Waals surface area contributed by atoms with E-state index >= 15 is 0 Å². The molecule has 4 aromatic carbocycles. The zero-order chi connectivity index (χ0) is 27.5. The Kier molecular flexibility index (Phi) is 9.18. The van der Waals surface area contributed by atoms with E-state index in [0.717, 1.165) is 22.3 Å². The minimum absolute atomic E-state index is 0.182. The lowest BCUT2D eigenvalue weighted by atomic mass is 10.1. The highest BCUT2D eigenvalue weighted by Gasteiger charge is 2.07. The Labute approximate surface area is 227 Å². The largest absolute Gasteiger partial charge is 0.372 e. The molecule has 0 saturated carbocycles. The van der Waals surface area contributed by atoms with Crippen molar-refractivity contribution in [1.29, 1.82) is 5.26 Å². The Morgan fingerprint density at radius 1 is 0.667 bits per heavy atom. The van der Waals surface area contributed by atoms with Crippen LogP contribution in [-0.2, 0) is 31.0 Å². The third-order valence-corrected chi connectivity index (χ3v) is 6.02. The average Bonchev–Trinajstić information content (AvgIpc) is 3.00. The number of nitrogens with zero attached hydrogens (tertiary/aromatic N) is 2. The summed E-state index contributed by atoms with van der Waals surface area (Å²) in [7, 11) is 0. The van der Waals surface area contributed by atoms with E-state index in [0.29, 0.717) is 48.7 Å². The average molecular weight is 515 g/mol. The molecule has 39 heavy (non-hydrogen) atoms. The summed E-state index contributed by atoms with van der Waals surface area (Å²) in [4.78, 5) is 27.9. The fraction of sp³-hybridized carbons (Fsp3) is 0.125. The molecule has 7 nitrogen and oxygen atoms in total. The molecule has 0 aliphatic carbocycles. The molecule has 0 aliphatic heterocycles. The second-order valence-electron chi connectivity index (χ2n) is 8.84. The highest BCUT2D eigenvalue weighted by atomic mass is 16.5. The van der Waals surface area contributed by atoms with Crippen molar-refractivity contribution in [1.82, 2.24) is 10.6 Å². The number of benzene rings is 4. The highest BCUT2D eigenvalue weighted by Crippen LogP contribution is 2.13. The van der Waals surface area contributed by atoms with Crippen molar-refractivity contribution < 1.29 is 14.3 Å². The molecule has 0 aromatic heterocycles. The predicted molar refractivity (Wildman–Crippen MR) is 148 cm³/mol. The molecular formula is C32H26N4O3. The fourth-order valence-corrected chi connectivity index (χ4v) is 3.75. The van der Waals surface area contributed by atoms with Gasteiger partial charge in [-0.2, -0.15) is 5.26 Å². The van der Waals surface area contributed by atoms with E-state index in [1.165, 1.54) is 0 Å². The normalized spacial score (nSPS) is 10.2. The molecule has 2 amide bonds. The van der Waals surface area contributed by atoms with Gasteiger partial charge >= 0.3 is 0 Å². The topological polar surface area (TPSA) is 95.6 Å². The Morgan fingerprint density at radius 3 is 1.49 bits per heavy atom. The van der Waals surface area contributed by atoms with E-state index in [1.807, 2.05) is 54.6 Å². The quantitative estimate of drug-likeness (QED) is 0.266. The van der Waals surface area contributed by atoms with Crippen LogP contribution in [0, 0.1) is 17.9 Å². The highest BCUT2D eigenvalue weighted by molar-refractivity contribution is 5.94. The molecule has 0 aliphatic rings. The molecule has 0 radical (unpaired) electrons. The van der Waals surface area contributed by atoms with Gasteiger partial charge in [-0.1, -0.05) is 72.8 Å². The Balaban J connectivity index is 1.17. The minimum Gasteiger partial charge on any atom is -0.372 e. The van der Waals surface area contributed by atoms with Crippen molar-refractivity contribution in [2.75, 3.05) is 0 Å². The molecule has 7 heteroatoms. The van der Waals surface area contributed by atoms with Gasteiger partial charge in [0.2, 0.25) is 0 Å². The van der Waals surface area contributed by atoms with Crippen molar-refractivity contribution in [3.8, 4) is 6.07 Å². The number of ether oxygens (including phenoxy) is 1. The van der Waals surface area contributed by atoms with Crippen molar-refractivity contribution in [3.63, 3.8) is 0 Å². The summed E-state index contributed by atoms with van der Waals surface area (Å²) in [6.07, 6.45) is 0. The molecule has 0 spiro atoms. The van der Waals surface area contributed by atoms with E-state index in [-0.39, 0.29) is 11.8 Å². The molecule has 0 bridgehead atoms. The first-order chi connectivity index (χ1) is 19.0. The van der Waals surface area contributed by atoms with Crippen LogP contribution in [0.1, 0.15) is 48.5 Å².